The zero-order valence-electron chi connectivity index (χ0n) is 14.9. The van der Waals surface area contributed by atoms with E-state index >= 15 is 0 Å². The highest BCUT2D eigenvalue weighted by atomic mass is 127. The molecule has 5 heteroatoms. The fourth-order valence-electron chi connectivity index (χ4n) is 4.68. The van der Waals surface area contributed by atoms with Gasteiger partial charge in [-0.25, -0.2) is 0 Å². The van der Waals surface area contributed by atoms with Gasteiger partial charge in [0.1, 0.15) is 0 Å². The fraction of sp³-hybridized carbons (Fsp3) is 0.944. The molecule has 3 atom stereocenters. The molecule has 0 aromatic carbocycles. The lowest BCUT2D eigenvalue weighted by Crippen LogP contribution is -2.72. The van der Waals surface area contributed by atoms with Crippen molar-refractivity contribution < 1.29 is 4.74 Å². The minimum absolute atomic E-state index is 0. The van der Waals surface area contributed by atoms with Crippen LogP contribution >= 0.6 is 24.0 Å². The van der Waals surface area contributed by atoms with Gasteiger partial charge in [0.05, 0.1) is 6.10 Å². The van der Waals surface area contributed by atoms with Crippen molar-refractivity contribution in [2.45, 2.75) is 70.9 Å². The number of nitrogens with zero attached hydrogens (tertiary/aromatic N) is 1. The molecule has 2 saturated carbocycles. The first kappa shape index (κ1) is 19.3. The molecule has 0 aromatic heterocycles. The lowest BCUT2D eigenvalue weighted by Gasteiger charge is -2.63. The van der Waals surface area contributed by atoms with Crippen LogP contribution in [0.4, 0.5) is 0 Å². The van der Waals surface area contributed by atoms with Crippen molar-refractivity contribution in [1.82, 2.24) is 10.6 Å². The van der Waals surface area contributed by atoms with Gasteiger partial charge in [-0.05, 0) is 31.6 Å². The Balaban J connectivity index is 0.00000192. The van der Waals surface area contributed by atoms with E-state index in [1.807, 2.05) is 7.05 Å². The largest absolute Gasteiger partial charge is 0.377 e. The van der Waals surface area contributed by atoms with Crippen molar-refractivity contribution in [3.63, 3.8) is 0 Å². The lowest BCUT2D eigenvalue weighted by atomic mass is 9.46. The Hall–Kier alpha value is -0.0400. The van der Waals surface area contributed by atoms with Crippen molar-refractivity contribution in [1.29, 1.82) is 0 Å². The number of hydrogen-bond donors (Lipinski definition) is 2. The Morgan fingerprint density at radius 1 is 1.30 bits per heavy atom. The maximum absolute atomic E-state index is 5.99. The van der Waals surface area contributed by atoms with Crippen LogP contribution < -0.4 is 10.6 Å². The number of guanidine groups is 1. The maximum atomic E-state index is 5.99. The van der Waals surface area contributed by atoms with E-state index in [-0.39, 0.29) is 24.0 Å². The second kappa shape index (κ2) is 8.37. The second-order valence-corrected chi connectivity index (χ2v) is 7.84. The summed E-state index contributed by atoms with van der Waals surface area (Å²) in [6.07, 6.45) is 9.62. The summed E-state index contributed by atoms with van der Waals surface area (Å²) in [7, 11) is 1.89. The number of unbranched alkanes of at least 4 members (excludes halogenated alkanes) is 1. The standard InChI is InChI=1S/C18H33N3O.HI/c1-13(2)7-4-5-11-20-17(19-3)21-15-14-8-12-22-16(14)18(15)9-6-10-18;/h13-16H,4-12H2,1-3H3,(H2,19,20,21);1H. The summed E-state index contributed by atoms with van der Waals surface area (Å²) in [4.78, 5) is 4.43. The summed E-state index contributed by atoms with van der Waals surface area (Å²) in [6.45, 7) is 6.57. The molecule has 3 aliphatic rings. The molecule has 1 saturated heterocycles. The predicted molar refractivity (Wildman–Crippen MR) is 107 cm³/mol. The van der Waals surface area contributed by atoms with E-state index in [1.165, 1.54) is 44.9 Å². The summed E-state index contributed by atoms with van der Waals surface area (Å²) < 4.78 is 5.99. The maximum Gasteiger partial charge on any atom is 0.191 e. The summed E-state index contributed by atoms with van der Waals surface area (Å²) in [5, 5.41) is 7.23. The zero-order valence-corrected chi connectivity index (χ0v) is 17.3. The van der Waals surface area contributed by atoms with Crippen molar-refractivity contribution >= 4 is 29.9 Å². The van der Waals surface area contributed by atoms with Gasteiger partial charge in [-0.2, -0.15) is 0 Å². The molecule has 3 unspecified atom stereocenters. The Bertz CT molecular complexity index is 409. The molecule has 3 fully saturated rings. The van der Waals surface area contributed by atoms with Crippen molar-refractivity contribution in [2.75, 3.05) is 20.2 Å². The van der Waals surface area contributed by atoms with E-state index < -0.39 is 0 Å². The quantitative estimate of drug-likeness (QED) is 0.290. The van der Waals surface area contributed by atoms with Gasteiger partial charge in [-0.1, -0.05) is 33.1 Å². The van der Waals surface area contributed by atoms with Gasteiger partial charge in [0.2, 0.25) is 0 Å². The highest BCUT2D eigenvalue weighted by Gasteiger charge is 2.66. The predicted octanol–water partition coefficient (Wildman–Crippen LogP) is 3.55. The van der Waals surface area contributed by atoms with Crippen molar-refractivity contribution in [2.24, 2.45) is 22.2 Å². The molecule has 0 bridgehead atoms. The number of fused-ring (bicyclic) bond motifs is 2. The summed E-state index contributed by atoms with van der Waals surface area (Å²) in [6, 6.07) is 0.579. The monoisotopic (exact) mass is 435 g/mol. The van der Waals surface area contributed by atoms with E-state index in [2.05, 4.69) is 29.5 Å². The van der Waals surface area contributed by atoms with Crippen LogP contribution in [-0.4, -0.2) is 38.3 Å². The fourth-order valence-corrected chi connectivity index (χ4v) is 4.68. The van der Waals surface area contributed by atoms with Crippen molar-refractivity contribution in [3.05, 3.63) is 0 Å². The number of nitrogens with one attached hydrogen (secondary N) is 2. The van der Waals surface area contributed by atoms with Gasteiger partial charge in [-0.3, -0.25) is 4.99 Å². The minimum atomic E-state index is 0. The Morgan fingerprint density at radius 2 is 2.09 bits per heavy atom. The van der Waals surface area contributed by atoms with Gasteiger partial charge in [0.15, 0.2) is 5.96 Å². The highest BCUT2D eigenvalue weighted by Crippen LogP contribution is 2.62. The minimum Gasteiger partial charge on any atom is -0.377 e. The van der Waals surface area contributed by atoms with Gasteiger partial charge in [-0.15, -0.1) is 24.0 Å². The first-order valence-corrected chi connectivity index (χ1v) is 9.26. The zero-order chi connectivity index (χ0) is 15.6. The van der Waals surface area contributed by atoms with E-state index in [0.29, 0.717) is 23.5 Å². The molecule has 0 aromatic rings. The third kappa shape index (κ3) is 3.80. The molecular weight excluding hydrogens is 401 g/mol. The Labute approximate surface area is 158 Å². The molecule has 1 heterocycles. The first-order valence-electron chi connectivity index (χ1n) is 9.26. The third-order valence-electron chi connectivity index (χ3n) is 6.05. The van der Waals surface area contributed by atoms with Crippen LogP contribution in [0.3, 0.4) is 0 Å². The molecule has 0 amide bonds. The SMILES string of the molecule is CN=C(NCCCCC(C)C)NC1C2CCOC2C12CCC2.I. The van der Waals surface area contributed by atoms with E-state index in [9.17, 15) is 0 Å². The number of aliphatic imine (C=N–C) groups is 1. The van der Waals surface area contributed by atoms with Crippen molar-refractivity contribution in [3.8, 4) is 0 Å². The average Bonchev–Trinajstić information content (AvgIpc) is 2.85. The smallest absolute Gasteiger partial charge is 0.191 e. The molecule has 23 heavy (non-hydrogen) atoms. The molecule has 3 rings (SSSR count). The van der Waals surface area contributed by atoms with E-state index in [1.54, 1.807) is 0 Å². The van der Waals surface area contributed by atoms with Crippen LogP contribution in [-0.2, 0) is 4.74 Å². The Morgan fingerprint density at radius 3 is 2.70 bits per heavy atom. The van der Waals surface area contributed by atoms with Gasteiger partial charge in [0, 0.05) is 37.6 Å². The molecular formula is C18H34IN3O. The van der Waals surface area contributed by atoms with E-state index in [0.717, 1.165) is 25.0 Å². The van der Waals surface area contributed by atoms with Crippen LogP contribution in [0.25, 0.3) is 0 Å². The first-order chi connectivity index (χ1) is 10.7. The summed E-state index contributed by atoms with van der Waals surface area (Å²) >= 11 is 0. The molecule has 4 nitrogen and oxygen atoms in total. The molecule has 1 spiro atoms. The molecule has 1 aliphatic heterocycles. The van der Waals surface area contributed by atoms with Crippen LogP contribution in [0, 0.1) is 17.3 Å². The molecule has 134 valence electrons. The molecule has 2 N–H and O–H groups in total. The second-order valence-electron chi connectivity index (χ2n) is 7.84. The topological polar surface area (TPSA) is 45.7 Å². The molecule has 2 aliphatic carbocycles. The van der Waals surface area contributed by atoms with Crippen LogP contribution in [0.5, 0.6) is 0 Å². The number of rotatable bonds is 6. The van der Waals surface area contributed by atoms with Gasteiger partial charge < -0.3 is 15.4 Å². The van der Waals surface area contributed by atoms with Crippen LogP contribution in [0.1, 0.15) is 58.8 Å². The molecule has 0 radical (unpaired) electrons. The third-order valence-corrected chi connectivity index (χ3v) is 6.05. The van der Waals surface area contributed by atoms with Crippen LogP contribution in [0.15, 0.2) is 4.99 Å². The normalized spacial score (nSPS) is 31.1. The van der Waals surface area contributed by atoms with Crippen LogP contribution in [0.2, 0.25) is 0 Å². The number of ether oxygens (including phenoxy) is 1. The number of halogens is 1. The van der Waals surface area contributed by atoms with Gasteiger partial charge in [0.25, 0.3) is 0 Å². The van der Waals surface area contributed by atoms with Gasteiger partial charge >= 0.3 is 0 Å². The van der Waals surface area contributed by atoms with E-state index in [4.69, 9.17) is 4.74 Å². The summed E-state index contributed by atoms with van der Waals surface area (Å²) in [5.74, 6) is 2.51. The lowest BCUT2D eigenvalue weighted by molar-refractivity contribution is -0.171. The number of hydrogen-bond acceptors (Lipinski definition) is 2. The average molecular weight is 435 g/mol. The Kier molecular flexibility index (Phi) is 7.01. The highest BCUT2D eigenvalue weighted by molar-refractivity contribution is 14.0. The summed E-state index contributed by atoms with van der Waals surface area (Å²) in [5.41, 5.74) is 0.427.